The van der Waals surface area contributed by atoms with E-state index < -0.39 is 0 Å². The Morgan fingerprint density at radius 3 is 2.48 bits per heavy atom. The number of fused-ring (bicyclic) bond motifs is 1. The minimum Gasteiger partial charge on any atom is -0.457 e. The van der Waals surface area contributed by atoms with E-state index in [-0.39, 0.29) is 18.0 Å². The molecule has 6 nitrogen and oxygen atoms in total. The first-order valence-electron chi connectivity index (χ1n) is 9.82. The van der Waals surface area contributed by atoms with Gasteiger partial charge in [-0.1, -0.05) is 18.2 Å². The zero-order valence-corrected chi connectivity index (χ0v) is 16.4. The van der Waals surface area contributed by atoms with Gasteiger partial charge in [0.05, 0.1) is 5.69 Å². The van der Waals surface area contributed by atoms with Gasteiger partial charge in [-0.25, -0.2) is 4.98 Å². The Hall–Kier alpha value is -3.41. The van der Waals surface area contributed by atoms with Gasteiger partial charge < -0.3 is 10.1 Å². The van der Waals surface area contributed by atoms with Crippen molar-refractivity contribution in [3.05, 3.63) is 82.0 Å². The molecular formula is C23H23N3O3. The van der Waals surface area contributed by atoms with Gasteiger partial charge in [-0.2, -0.15) is 0 Å². The van der Waals surface area contributed by atoms with Gasteiger partial charge in [-0.3, -0.25) is 14.2 Å². The van der Waals surface area contributed by atoms with Gasteiger partial charge in [-0.05, 0) is 69.0 Å². The number of rotatable bonds is 5. The number of para-hydroxylation sites is 1. The number of benzene rings is 2. The van der Waals surface area contributed by atoms with Crippen LogP contribution >= 0.6 is 0 Å². The molecule has 4 rings (SSSR count). The second-order valence-electron chi connectivity index (χ2n) is 7.17. The van der Waals surface area contributed by atoms with Crippen LogP contribution in [0.1, 0.15) is 29.9 Å². The van der Waals surface area contributed by atoms with Gasteiger partial charge in [0, 0.05) is 11.3 Å². The summed E-state index contributed by atoms with van der Waals surface area (Å²) < 4.78 is 7.22. The highest BCUT2D eigenvalue weighted by Gasteiger charge is 2.19. The smallest absolute Gasteiger partial charge is 0.257 e. The van der Waals surface area contributed by atoms with Crippen LogP contribution in [0.4, 0.5) is 5.69 Å². The summed E-state index contributed by atoms with van der Waals surface area (Å²) in [7, 11) is 0. The van der Waals surface area contributed by atoms with Gasteiger partial charge >= 0.3 is 0 Å². The van der Waals surface area contributed by atoms with Gasteiger partial charge in [0.1, 0.15) is 23.9 Å². The van der Waals surface area contributed by atoms with Crippen molar-refractivity contribution in [2.75, 3.05) is 5.32 Å². The van der Waals surface area contributed by atoms with Crippen LogP contribution in [-0.2, 0) is 24.2 Å². The van der Waals surface area contributed by atoms with Crippen LogP contribution in [0.2, 0.25) is 0 Å². The highest BCUT2D eigenvalue weighted by atomic mass is 16.5. The molecule has 0 radical (unpaired) electrons. The van der Waals surface area contributed by atoms with Crippen LogP contribution in [0, 0.1) is 6.92 Å². The maximum atomic E-state index is 12.8. The molecular weight excluding hydrogens is 366 g/mol. The second kappa shape index (κ2) is 8.31. The fourth-order valence-corrected chi connectivity index (χ4v) is 3.57. The molecule has 0 atom stereocenters. The zero-order chi connectivity index (χ0) is 20.2. The Balaban J connectivity index is 1.43. The van der Waals surface area contributed by atoms with Crippen molar-refractivity contribution in [3.63, 3.8) is 0 Å². The number of hydrogen-bond donors (Lipinski definition) is 1. The van der Waals surface area contributed by atoms with Gasteiger partial charge in [0.15, 0.2) is 0 Å². The molecule has 1 heterocycles. The van der Waals surface area contributed by atoms with Crippen molar-refractivity contribution in [3.8, 4) is 11.5 Å². The predicted molar refractivity (Wildman–Crippen MR) is 111 cm³/mol. The number of ether oxygens (including phenoxy) is 1. The lowest BCUT2D eigenvalue weighted by molar-refractivity contribution is -0.116. The molecule has 0 unspecified atom stereocenters. The quantitative estimate of drug-likeness (QED) is 0.719. The van der Waals surface area contributed by atoms with E-state index in [9.17, 15) is 9.59 Å². The summed E-state index contributed by atoms with van der Waals surface area (Å²) in [4.78, 5) is 29.8. The molecule has 2 aromatic carbocycles. The number of anilines is 1. The highest BCUT2D eigenvalue weighted by Crippen LogP contribution is 2.22. The minimum atomic E-state index is -0.260. The van der Waals surface area contributed by atoms with Crippen molar-refractivity contribution in [1.82, 2.24) is 9.55 Å². The summed E-state index contributed by atoms with van der Waals surface area (Å²) in [5.41, 5.74) is 2.21. The van der Waals surface area contributed by atoms with Crippen LogP contribution in [0.15, 0.2) is 59.4 Å². The molecule has 0 aliphatic heterocycles. The molecule has 0 saturated heterocycles. The van der Waals surface area contributed by atoms with Gasteiger partial charge in [0.2, 0.25) is 5.91 Å². The number of hydrogen-bond acceptors (Lipinski definition) is 4. The lowest BCUT2D eigenvalue weighted by atomic mass is 9.97. The van der Waals surface area contributed by atoms with Crippen LogP contribution in [0.25, 0.3) is 0 Å². The maximum absolute atomic E-state index is 12.8. The largest absolute Gasteiger partial charge is 0.457 e. The SMILES string of the molecule is Cc1nc2c(c(=O)n1CC(=O)Nc1ccc(Oc3ccccc3)cc1)CCCC2. The van der Waals surface area contributed by atoms with Gasteiger partial charge in [0.25, 0.3) is 5.56 Å². The Morgan fingerprint density at radius 2 is 1.72 bits per heavy atom. The summed E-state index contributed by atoms with van der Waals surface area (Å²) in [6.07, 6.45) is 3.64. The molecule has 0 saturated carbocycles. The summed E-state index contributed by atoms with van der Waals surface area (Å²) in [5, 5.41) is 2.83. The van der Waals surface area contributed by atoms with Gasteiger partial charge in [-0.15, -0.1) is 0 Å². The molecule has 3 aromatic rings. The van der Waals surface area contributed by atoms with E-state index in [1.807, 2.05) is 30.3 Å². The van der Waals surface area contributed by atoms with E-state index >= 15 is 0 Å². The van der Waals surface area contributed by atoms with E-state index in [1.165, 1.54) is 4.57 Å². The monoisotopic (exact) mass is 389 g/mol. The third kappa shape index (κ3) is 4.37. The summed E-state index contributed by atoms with van der Waals surface area (Å²) >= 11 is 0. The van der Waals surface area contributed by atoms with E-state index in [1.54, 1.807) is 31.2 Å². The Kier molecular flexibility index (Phi) is 5.42. The summed E-state index contributed by atoms with van der Waals surface area (Å²) in [5.74, 6) is 1.75. The van der Waals surface area contributed by atoms with E-state index in [4.69, 9.17) is 4.74 Å². The Morgan fingerprint density at radius 1 is 1.03 bits per heavy atom. The van der Waals surface area contributed by atoms with Crippen molar-refractivity contribution in [2.24, 2.45) is 0 Å². The second-order valence-corrected chi connectivity index (χ2v) is 7.17. The molecule has 0 fully saturated rings. The fraction of sp³-hybridized carbons (Fsp3) is 0.261. The topological polar surface area (TPSA) is 73.2 Å². The van der Waals surface area contributed by atoms with Crippen LogP contribution in [0.3, 0.4) is 0 Å². The average Bonchev–Trinajstić information content (AvgIpc) is 2.73. The van der Waals surface area contributed by atoms with E-state index in [2.05, 4.69) is 10.3 Å². The normalized spacial score (nSPS) is 12.9. The average molecular weight is 389 g/mol. The van der Waals surface area contributed by atoms with Crippen molar-refractivity contribution in [2.45, 2.75) is 39.2 Å². The van der Waals surface area contributed by atoms with Crippen molar-refractivity contribution < 1.29 is 9.53 Å². The van der Waals surface area contributed by atoms with E-state index in [0.717, 1.165) is 42.7 Å². The lowest BCUT2D eigenvalue weighted by Gasteiger charge is -2.18. The first kappa shape index (κ1) is 18.9. The molecule has 0 bridgehead atoms. The van der Waals surface area contributed by atoms with Crippen LogP contribution < -0.4 is 15.6 Å². The standard InChI is InChI=1S/C23H23N3O3/c1-16-24-21-10-6-5-9-20(21)23(28)26(16)15-22(27)25-17-11-13-19(14-12-17)29-18-7-3-2-4-8-18/h2-4,7-8,11-14H,5-6,9-10,15H2,1H3,(H,25,27). The summed E-state index contributed by atoms with van der Waals surface area (Å²) in [6, 6.07) is 16.6. The molecule has 148 valence electrons. The number of nitrogens with zero attached hydrogens (tertiary/aromatic N) is 2. The number of amides is 1. The zero-order valence-electron chi connectivity index (χ0n) is 16.4. The third-order valence-corrected chi connectivity index (χ3v) is 5.05. The van der Waals surface area contributed by atoms with Crippen LogP contribution in [-0.4, -0.2) is 15.5 Å². The number of carbonyl (C=O) groups is 1. The Labute approximate surface area is 169 Å². The Bertz CT molecular complexity index is 1070. The third-order valence-electron chi connectivity index (χ3n) is 5.05. The van der Waals surface area contributed by atoms with Crippen molar-refractivity contribution >= 4 is 11.6 Å². The maximum Gasteiger partial charge on any atom is 0.257 e. The molecule has 6 heteroatoms. The number of aryl methyl sites for hydroxylation is 2. The number of aromatic nitrogens is 2. The molecule has 1 aliphatic carbocycles. The molecule has 1 amide bonds. The lowest BCUT2D eigenvalue weighted by Crippen LogP contribution is -2.34. The van der Waals surface area contributed by atoms with E-state index in [0.29, 0.717) is 17.3 Å². The fourth-order valence-electron chi connectivity index (χ4n) is 3.57. The number of carbonyl (C=O) groups excluding carboxylic acids is 1. The van der Waals surface area contributed by atoms with Crippen molar-refractivity contribution in [1.29, 1.82) is 0 Å². The molecule has 1 aromatic heterocycles. The molecule has 1 aliphatic rings. The first-order chi connectivity index (χ1) is 14.1. The molecule has 29 heavy (non-hydrogen) atoms. The highest BCUT2D eigenvalue weighted by molar-refractivity contribution is 5.90. The van der Waals surface area contributed by atoms with Crippen LogP contribution in [0.5, 0.6) is 11.5 Å². The first-order valence-corrected chi connectivity index (χ1v) is 9.82. The molecule has 0 spiro atoms. The molecule has 1 N–H and O–H groups in total. The summed E-state index contributed by atoms with van der Waals surface area (Å²) in [6.45, 7) is 1.73. The number of nitrogens with one attached hydrogen (secondary N) is 1. The minimum absolute atomic E-state index is 0.0484. The predicted octanol–water partition coefficient (Wildman–Crippen LogP) is 3.86.